The number of halogens is 1. The van der Waals surface area contributed by atoms with Gasteiger partial charge >= 0.3 is 0 Å². The molecule has 0 aliphatic carbocycles. The quantitative estimate of drug-likeness (QED) is 0.736. The molecule has 0 saturated heterocycles. The highest BCUT2D eigenvalue weighted by molar-refractivity contribution is 5.44. The molecule has 0 amide bonds. The Labute approximate surface area is 93.4 Å². The van der Waals surface area contributed by atoms with Crippen molar-refractivity contribution in [1.82, 2.24) is 0 Å². The van der Waals surface area contributed by atoms with Crippen LogP contribution in [-0.4, -0.2) is 13.2 Å². The first kappa shape index (κ1) is 10.7. The maximum absolute atomic E-state index is 13.6. The van der Waals surface area contributed by atoms with Gasteiger partial charge in [-0.05, 0) is 24.5 Å². The second-order valence-electron chi connectivity index (χ2n) is 3.60. The smallest absolute Gasteiger partial charge is 0.164 e. The van der Waals surface area contributed by atoms with Gasteiger partial charge in [-0.2, -0.15) is 5.26 Å². The maximum Gasteiger partial charge on any atom is 0.164 e. The maximum atomic E-state index is 13.6. The standard InChI is InChI=1S/C12H12FNO2/c13-10-8-12-11(15-5-6-16-12)7-9(10)3-1-2-4-14/h7-8H,1-3,5-6H2. The molecule has 4 heteroatoms. The van der Waals surface area contributed by atoms with Crippen LogP contribution in [0.3, 0.4) is 0 Å². The Balaban J connectivity index is 2.16. The van der Waals surface area contributed by atoms with Crippen LogP contribution in [-0.2, 0) is 6.42 Å². The molecule has 1 aliphatic rings. The number of fused-ring (bicyclic) bond motifs is 1. The Bertz CT molecular complexity index is 426. The van der Waals surface area contributed by atoms with Crippen LogP contribution >= 0.6 is 0 Å². The number of unbranched alkanes of at least 4 members (excludes halogenated alkanes) is 1. The van der Waals surface area contributed by atoms with Gasteiger partial charge in [-0.15, -0.1) is 0 Å². The molecule has 1 aromatic carbocycles. The van der Waals surface area contributed by atoms with E-state index in [1.165, 1.54) is 6.07 Å². The SMILES string of the molecule is N#CCCCc1cc2c(cc1F)OCCO2. The zero-order valence-corrected chi connectivity index (χ0v) is 8.83. The van der Waals surface area contributed by atoms with Crippen molar-refractivity contribution in [2.75, 3.05) is 13.2 Å². The van der Waals surface area contributed by atoms with Gasteiger partial charge < -0.3 is 9.47 Å². The average Bonchev–Trinajstić information content (AvgIpc) is 2.30. The molecule has 1 aliphatic heterocycles. The number of nitrogens with zero attached hydrogens (tertiary/aromatic N) is 1. The Kier molecular flexibility index (Phi) is 3.25. The molecule has 0 spiro atoms. The Morgan fingerprint density at radius 2 is 1.94 bits per heavy atom. The van der Waals surface area contributed by atoms with E-state index in [4.69, 9.17) is 14.7 Å². The summed E-state index contributed by atoms with van der Waals surface area (Å²) in [6, 6.07) is 5.07. The average molecular weight is 221 g/mol. The zero-order chi connectivity index (χ0) is 11.4. The molecule has 0 saturated carbocycles. The Morgan fingerprint density at radius 1 is 1.25 bits per heavy atom. The van der Waals surface area contributed by atoms with Gasteiger partial charge in [0, 0.05) is 12.5 Å². The van der Waals surface area contributed by atoms with Crippen LogP contribution in [0.2, 0.25) is 0 Å². The predicted molar refractivity (Wildman–Crippen MR) is 55.9 cm³/mol. The monoisotopic (exact) mass is 221 g/mol. The third-order valence-corrected chi connectivity index (χ3v) is 2.45. The van der Waals surface area contributed by atoms with Crippen molar-refractivity contribution in [3.63, 3.8) is 0 Å². The summed E-state index contributed by atoms with van der Waals surface area (Å²) in [5, 5.41) is 8.42. The molecule has 0 aromatic heterocycles. The number of ether oxygens (including phenoxy) is 2. The molecule has 1 heterocycles. The minimum atomic E-state index is -0.290. The second-order valence-corrected chi connectivity index (χ2v) is 3.60. The van der Waals surface area contributed by atoms with Gasteiger partial charge in [0.1, 0.15) is 19.0 Å². The van der Waals surface area contributed by atoms with Gasteiger partial charge in [-0.1, -0.05) is 0 Å². The van der Waals surface area contributed by atoms with Gasteiger partial charge in [0.05, 0.1) is 6.07 Å². The highest BCUT2D eigenvalue weighted by Crippen LogP contribution is 2.33. The van der Waals surface area contributed by atoms with Gasteiger partial charge in [-0.3, -0.25) is 0 Å². The minimum Gasteiger partial charge on any atom is -0.486 e. The molecule has 0 atom stereocenters. The van der Waals surface area contributed by atoms with E-state index in [0.717, 1.165) is 0 Å². The van der Waals surface area contributed by atoms with Crippen molar-refractivity contribution in [3.8, 4) is 17.6 Å². The van der Waals surface area contributed by atoms with Crippen molar-refractivity contribution in [3.05, 3.63) is 23.5 Å². The van der Waals surface area contributed by atoms with Gasteiger partial charge in [0.2, 0.25) is 0 Å². The lowest BCUT2D eigenvalue weighted by Gasteiger charge is -2.19. The van der Waals surface area contributed by atoms with Crippen LogP contribution in [0.4, 0.5) is 4.39 Å². The summed E-state index contributed by atoms with van der Waals surface area (Å²) in [5.74, 6) is 0.773. The number of nitriles is 1. The van der Waals surface area contributed by atoms with Crippen LogP contribution in [0, 0.1) is 17.1 Å². The lowest BCUT2D eigenvalue weighted by molar-refractivity contribution is 0.170. The molecule has 1 aromatic rings. The molecule has 3 nitrogen and oxygen atoms in total. The summed E-state index contributed by atoms with van der Waals surface area (Å²) >= 11 is 0. The summed E-state index contributed by atoms with van der Waals surface area (Å²) < 4.78 is 24.2. The van der Waals surface area contributed by atoms with Crippen molar-refractivity contribution in [2.24, 2.45) is 0 Å². The first-order chi connectivity index (χ1) is 7.81. The topological polar surface area (TPSA) is 42.2 Å². The number of hydrogen-bond acceptors (Lipinski definition) is 3. The van der Waals surface area contributed by atoms with Crippen LogP contribution in [0.1, 0.15) is 18.4 Å². The van der Waals surface area contributed by atoms with E-state index >= 15 is 0 Å². The fourth-order valence-corrected chi connectivity index (χ4v) is 1.66. The molecule has 84 valence electrons. The van der Waals surface area contributed by atoms with Gasteiger partial charge in [-0.25, -0.2) is 4.39 Å². The van der Waals surface area contributed by atoms with E-state index < -0.39 is 0 Å². The minimum absolute atomic E-state index is 0.290. The van der Waals surface area contributed by atoms with Crippen molar-refractivity contribution in [2.45, 2.75) is 19.3 Å². The molecule has 2 rings (SSSR count). The molecule has 0 fully saturated rings. The molecule has 0 N–H and O–H groups in total. The van der Waals surface area contributed by atoms with Crippen molar-refractivity contribution < 1.29 is 13.9 Å². The zero-order valence-electron chi connectivity index (χ0n) is 8.83. The first-order valence-corrected chi connectivity index (χ1v) is 5.26. The first-order valence-electron chi connectivity index (χ1n) is 5.26. The normalized spacial score (nSPS) is 13.2. The highest BCUT2D eigenvalue weighted by atomic mass is 19.1. The number of aryl methyl sites for hydroxylation is 1. The van der Waals surface area contributed by atoms with Crippen LogP contribution < -0.4 is 9.47 Å². The van der Waals surface area contributed by atoms with E-state index in [1.54, 1.807) is 6.07 Å². The summed E-state index contributed by atoms with van der Waals surface area (Å²) in [6.07, 6.45) is 1.65. The third-order valence-electron chi connectivity index (χ3n) is 2.45. The van der Waals surface area contributed by atoms with Crippen LogP contribution in [0.5, 0.6) is 11.5 Å². The molecule has 0 radical (unpaired) electrons. The lowest BCUT2D eigenvalue weighted by Crippen LogP contribution is -2.15. The van der Waals surface area contributed by atoms with Crippen molar-refractivity contribution >= 4 is 0 Å². The summed E-state index contributed by atoms with van der Waals surface area (Å²) in [7, 11) is 0. The Hall–Kier alpha value is -1.76. The van der Waals surface area contributed by atoms with Gasteiger partial charge in [0.15, 0.2) is 11.5 Å². The second kappa shape index (κ2) is 4.84. The number of benzene rings is 1. The summed E-state index contributed by atoms with van der Waals surface area (Å²) in [4.78, 5) is 0. The third kappa shape index (κ3) is 2.25. The molecular formula is C12H12FNO2. The lowest BCUT2D eigenvalue weighted by atomic mass is 10.1. The van der Waals surface area contributed by atoms with Gasteiger partial charge in [0.25, 0.3) is 0 Å². The van der Waals surface area contributed by atoms with E-state index in [0.29, 0.717) is 49.5 Å². The molecule has 0 bridgehead atoms. The highest BCUT2D eigenvalue weighted by Gasteiger charge is 2.15. The largest absolute Gasteiger partial charge is 0.486 e. The number of rotatable bonds is 3. The van der Waals surface area contributed by atoms with E-state index in [-0.39, 0.29) is 5.82 Å². The van der Waals surface area contributed by atoms with E-state index in [2.05, 4.69) is 0 Å². The van der Waals surface area contributed by atoms with Crippen molar-refractivity contribution in [1.29, 1.82) is 5.26 Å². The molecule has 0 unspecified atom stereocenters. The van der Waals surface area contributed by atoms with E-state index in [1.807, 2.05) is 6.07 Å². The molecule has 16 heavy (non-hydrogen) atoms. The number of hydrogen-bond donors (Lipinski definition) is 0. The van der Waals surface area contributed by atoms with Crippen LogP contribution in [0.15, 0.2) is 12.1 Å². The summed E-state index contributed by atoms with van der Waals surface area (Å²) in [6.45, 7) is 0.955. The fourth-order valence-electron chi connectivity index (χ4n) is 1.66. The van der Waals surface area contributed by atoms with Crippen LogP contribution in [0.25, 0.3) is 0 Å². The molecular weight excluding hydrogens is 209 g/mol. The van der Waals surface area contributed by atoms with E-state index in [9.17, 15) is 4.39 Å². The predicted octanol–water partition coefficient (Wildman–Crippen LogP) is 2.44. The Morgan fingerprint density at radius 3 is 2.62 bits per heavy atom. The fraction of sp³-hybridized carbons (Fsp3) is 0.417. The summed E-state index contributed by atoms with van der Waals surface area (Å²) in [5.41, 5.74) is 0.583.